The van der Waals surface area contributed by atoms with E-state index in [1.165, 1.54) is 0 Å². The van der Waals surface area contributed by atoms with E-state index in [-0.39, 0.29) is 17.9 Å². The number of pyridine rings is 1. The van der Waals surface area contributed by atoms with Gasteiger partial charge in [-0.3, -0.25) is 4.98 Å². The van der Waals surface area contributed by atoms with Crippen LogP contribution in [0.25, 0.3) is 10.9 Å². The van der Waals surface area contributed by atoms with E-state index >= 15 is 0 Å². The van der Waals surface area contributed by atoms with E-state index in [0.717, 1.165) is 5.39 Å². The lowest BCUT2D eigenvalue weighted by molar-refractivity contribution is 0.0805. The Bertz CT molecular complexity index is 836. The van der Waals surface area contributed by atoms with Crippen LogP contribution in [0.1, 0.15) is 18.1 Å². The summed E-state index contributed by atoms with van der Waals surface area (Å²) in [7, 11) is -3.28. The van der Waals surface area contributed by atoms with Gasteiger partial charge in [-0.15, -0.1) is 0 Å². The second-order valence-corrected chi connectivity index (χ2v) is 7.62. The molecule has 1 N–H and O–H groups in total. The third kappa shape index (κ3) is 2.28. The maximum Gasteiger partial charge on any atom is 0.152 e. The fourth-order valence-electron chi connectivity index (χ4n) is 2.89. The van der Waals surface area contributed by atoms with Gasteiger partial charge in [0.25, 0.3) is 0 Å². The van der Waals surface area contributed by atoms with Gasteiger partial charge in [0.15, 0.2) is 9.84 Å². The Balaban J connectivity index is 2.13. The van der Waals surface area contributed by atoms with Crippen LogP contribution in [0.15, 0.2) is 36.5 Å². The average molecular weight is 302 g/mol. The van der Waals surface area contributed by atoms with Gasteiger partial charge < -0.3 is 5.11 Å². The Hall–Kier alpha value is -1.97. The van der Waals surface area contributed by atoms with Crippen molar-refractivity contribution in [3.05, 3.63) is 42.1 Å². The van der Waals surface area contributed by atoms with Crippen LogP contribution in [0, 0.1) is 16.7 Å². The van der Waals surface area contributed by atoms with Crippen LogP contribution >= 0.6 is 0 Å². The summed E-state index contributed by atoms with van der Waals surface area (Å²) in [5.74, 6) is -0.364. The first kappa shape index (κ1) is 14.0. The van der Waals surface area contributed by atoms with Gasteiger partial charge in [-0.25, -0.2) is 8.42 Å². The van der Waals surface area contributed by atoms with Gasteiger partial charge >= 0.3 is 0 Å². The van der Waals surface area contributed by atoms with Crippen molar-refractivity contribution in [3.8, 4) is 6.07 Å². The smallest absolute Gasteiger partial charge is 0.152 e. The zero-order chi connectivity index (χ0) is 15.1. The van der Waals surface area contributed by atoms with Crippen molar-refractivity contribution in [1.29, 1.82) is 5.26 Å². The highest BCUT2D eigenvalue weighted by Crippen LogP contribution is 2.44. The first-order valence-corrected chi connectivity index (χ1v) is 8.43. The Morgan fingerprint density at radius 2 is 2.10 bits per heavy atom. The van der Waals surface area contributed by atoms with Crippen LogP contribution in [0.4, 0.5) is 0 Å². The molecule has 1 aromatic heterocycles. The Labute approximate surface area is 122 Å². The number of rotatable bonds is 2. The zero-order valence-electron chi connectivity index (χ0n) is 11.2. The highest BCUT2D eigenvalue weighted by molar-refractivity contribution is 7.91. The SMILES string of the molecule is N#CC1(C(O)c2cccc3cccnc23)CCS(=O)(=O)C1. The summed E-state index contributed by atoms with van der Waals surface area (Å²) in [4.78, 5) is 4.26. The van der Waals surface area contributed by atoms with Crippen molar-refractivity contribution >= 4 is 20.7 Å². The summed E-state index contributed by atoms with van der Waals surface area (Å²) < 4.78 is 23.5. The summed E-state index contributed by atoms with van der Waals surface area (Å²) in [5, 5.41) is 21.0. The van der Waals surface area contributed by atoms with Crippen LogP contribution in [0.3, 0.4) is 0 Å². The lowest BCUT2D eigenvalue weighted by Gasteiger charge is -2.26. The molecule has 1 aliphatic heterocycles. The number of para-hydroxylation sites is 1. The molecule has 0 amide bonds. The maximum atomic E-state index is 11.7. The number of nitriles is 1. The molecule has 6 heteroatoms. The van der Waals surface area contributed by atoms with Gasteiger partial charge in [-0.1, -0.05) is 24.3 Å². The van der Waals surface area contributed by atoms with Gasteiger partial charge in [0.2, 0.25) is 0 Å². The molecule has 2 heterocycles. The van der Waals surface area contributed by atoms with Gasteiger partial charge in [-0.05, 0) is 12.5 Å². The number of hydrogen-bond donors (Lipinski definition) is 1. The summed E-state index contributed by atoms with van der Waals surface area (Å²) in [6.45, 7) is 0. The topological polar surface area (TPSA) is 91.0 Å². The van der Waals surface area contributed by atoms with E-state index in [1.54, 1.807) is 24.4 Å². The van der Waals surface area contributed by atoms with Gasteiger partial charge in [-0.2, -0.15) is 5.26 Å². The number of fused-ring (bicyclic) bond motifs is 1. The molecule has 2 atom stereocenters. The third-order valence-electron chi connectivity index (χ3n) is 4.04. The van der Waals surface area contributed by atoms with E-state index in [2.05, 4.69) is 4.98 Å². The van der Waals surface area contributed by atoms with Crippen molar-refractivity contribution in [1.82, 2.24) is 4.98 Å². The van der Waals surface area contributed by atoms with Crippen LogP contribution in [-0.2, 0) is 9.84 Å². The number of hydrogen-bond acceptors (Lipinski definition) is 5. The van der Waals surface area contributed by atoms with Crippen molar-refractivity contribution in [3.63, 3.8) is 0 Å². The quantitative estimate of drug-likeness (QED) is 0.909. The molecule has 1 fully saturated rings. The predicted octanol–water partition coefficient (Wildman–Crippen LogP) is 1.60. The number of aliphatic hydroxyl groups excluding tert-OH is 1. The van der Waals surface area contributed by atoms with E-state index in [9.17, 15) is 18.8 Å². The highest BCUT2D eigenvalue weighted by Gasteiger charge is 2.49. The zero-order valence-corrected chi connectivity index (χ0v) is 12.0. The highest BCUT2D eigenvalue weighted by atomic mass is 32.2. The van der Waals surface area contributed by atoms with Crippen molar-refractivity contribution < 1.29 is 13.5 Å². The van der Waals surface area contributed by atoms with Crippen molar-refractivity contribution in [2.45, 2.75) is 12.5 Å². The molecule has 2 aromatic rings. The van der Waals surface area contributed by atoms with Crippen LogP contribution in [0.2, 0.25) is 0 Å². The summed E-state index contributed by atoms with van der Waals surface area (Å²) in [6.07, 6.45) is 0.595. The summed E-state index contributed by atoms with van der Waals surface area (Å²) in [5.41, 5.74) is -0.178. The number of aromatic nitrogens is 1. The monoisotopic (exact) mass is 302 g/mol. The summed E-state index contributed by atoms with van der Waals surface area (Å²) in [6, 6.07) is 11.0. The first-order valence-electron chi connectivity index (χ1n) is 6.61. The minimum Gasteiger partial charge on any atom is -0.387 e. The van der Waals surface area contributed by atoms with Crippen molar-refractivity contribution in [2.24, 2.45) is 5.41 Å². The molecule has 3 rings (SSSR count). The lowest BCUT2D eigenvalue weighted by Crippen LogP contribution is -2.29. The normalized spacial score (nSPS) is 25.5. The van der Waals surface area contributed by atoms with E-state index in [1.807, 2.05) is 18.2 Å². The largest absolute Gasteiger partial charge is 0.387 e. The molecule has 1 saturated heterocycles. The molecule has 5 nitrogen and oxygen atoms in total. The molecule has 108 valence electrons. The lowest BCUT2D eigenvalue weighted by atomic mass is 9.79. The minimum atomic E-state index is -3.28. The molecule has 0 radical (unpaired) electrons. The van der Waals surface area contributed by atoms with Crippen LogP contribution in [-0.4, -0.2) is 30.0 Å². The number of nitrogens with zero attached hydrogens (tertiary/aromatic N) is 2. The average Bonchev–Trinajstić information content (AvgIpc) is 2.82. The van der Waals surface area contributed by atoms with Gasteiger partial charge in [0.05, 0.1) is 23.1 Å². The Morgan fingerprint density at radius 3 is 2.76 bits per heavy atom. The molecule has 1 aliphatic rings. The van der Waals surface area contributed by atoms with Gasteiger partial charge in [0.1, 0.15) is 11.5 Å². The Morgan fingerprint density at radius 1 is 1.33 bits per heavy atom. The van der Waals surface area contributed by atoms with Gasteiger partial charge in [0, 0.05) is 17.1 Å². The fourth-order valence-corrected chi connectivity index (χ4v) is 4.86. The van der Waals surface area contributed by atoms with Crippen LogP contribution < -0.4 is 0 Å². The molecular formula is C15H14N2O3S. The minimum absolute atomic E-state index is 0.0597. The predicted molar refractivity (Wildman–Crippen MR) is 78.0 cm³/mol. The summed E-state index contributed by atoms with van der Waals surface area (Å²) >= 11 is 0. The second kappa shape index (κ2) is 4.79. The molecule has 2 unspecified atom stereocenters. The third-order valence-corrected chi connectivity index (χ3v) is 5.82. The van der Waals surface area contributed by atoms with E-state index < -0.39 is 21.4 Å². The molecule has 0 spiro atoms. The first-order chi connectivity index (χ1) is 9.97. The van der Waals surface area contributed by atoms with E-state index in [4.69, 9.17) is 0 Å². The molecule has 1 aromatic carbocycles. The molecule has 0 saturated carbocycles. The number of benzene rings is 1. The molecular weight excluding hydrogens is 288 g/mol. The molecule has 0 aliphatic carbocycles. The number of aliphatic hydroxyl groups is 1. The maximum absolute atomic E-state index is 11.7. The van der Waals surface area contributed by atoms with E-state index in [0.29, 0.717) is 11.1 Å². The second-order valence-electron chi connectivity index (χ2n) is 5.43. The molecule has 21 heavy (non-hydrogen) atoms. The van der Waals surface area contributed by atoms with Crippen LogP contribution in [0.5, 0.6) is 0 Å². The fraction of sp³-hybridized carbons (Fsp3) is 0.333. The Kier molecular flexibility index (Phi) is 3.19. The standard InChI is InChI=1S/C15H14N2O3S/c16-9-15(6-8-21(19,20)10-15)14(18)12-5-1-3-11-4-2-7-17-13(11)12/h1-5,7,14,18H,6,8,10H2. The van der Waals surface area contributed by atoms with Crippen molar-refractivity contribution in [2.75, 3.05) is 11.5 Å². The molecule has 0 bridgehead atoms. The number of sulfone groups is 1.